The highest BCUT2D eigenvalue weighted by atomic mass is 32.1. The van der Waals surface area contributed by atoms with Gasteiger partial charge in [-0.25, -0.2) is 0 Å². The van der Waals surface area contributed by atoms with Gasteiger partial charge in [0.05, 0.1) is 28.4 Å². The summed E-state index contributed by atoms with van der Waals surface area (Å²) in [7, 11) is 1.90. The second-order valence-electron chi connectivity index (χ2n) is 7.18. The second kappa shape index (κ2) is 6.57. The first-order chi connectivity index (χ1) is 14.1. The standard InChI is InChI=1S/C23H18N4OS/c1-3-19-16-10-13(8-9-15(16)23(28)26-19)18-12-25-27(2)21(18)22-17(11-24)14-6-4-5-7-20(14)29-22/h4-10,12,19H,3H2,1-2H3,(H,26,28). The molecule has 1 N–H and O–H groups in total. The molecule has 0 aliphatic carbocycles. The number of nitrogens with zero attached hydrogens (tertiary/aromatic N) is 3. The molecule has 0 saturated carbocycles. The van der Waals surface area contributed by atoms with Crippen molar-refractivity contribution in [1.82, 2.24) is 15.1 Å². The van der Waals surface area contributed by atoms with Gasteiger partial charge in [-0.15, -0.1) is 11.3 Å². The van der Waals surface area contributed by atoms with Gasteiger partial charge in [-0.3, -0.25) is 9.48 Å². The summed E-state index contributed by atoms with van der Waals surface area (Å²) in [5, 5.41) is 18.4. The minimum Gasteiger partial charge on any atom is -0.345 e. The highest BCUT2D eigenvalue weighted by molar-refractivity contribution is 7.22. The molecule has 1 atom stereocenters. The number of aryl methyl sites for hydroxylation is 1. The van der Waals surface area contributed by atoms with Gasteiger partial charge in [-0.1, -0.05) is 31.2 Å². The lowest BCUT2D eigenvalue weighted by molar-refractivity contribution is 0.0955. The number of carbonyl (C=O) groups is 1. The minimum atomic E-state index is -0.0129. The maximum Gasteiger partial charge on any atom is 0.252 e. The van der Waals surface area contributed by atoms with Crippen LogP contribution in [0, 0.1) is 11.3 Å². The van der Waals surface area contributed by atoms with E-state index >= 15 is 0 Å². The number of fused-ring (bicyclic) bond motifs is 2. The smallest absolute Gasteiger partial charge is 0.252 e. The topological polar surface area (TPSA) is 70.7 Å². The molecule has 0 spiro atoms. The number of nitriles is 1. The number of hydrogen-bond donors (Lipinski definition) is 1. The van der Waals surface area contributed by atoms with E-state index in [1.807, 2.05) is 54.3 Å². The van der Waals surface area contributed by atoms with Crippen LogP contribution < -0.4 is 5.32 Å². The highest BCUT2D eigenvalue weighted by Crippen LogP contribution is 2.43. The Hall–Kier alpha value is -3.43. The van der Waals surface area contributed by atoms with Crippen molar-refractivity contribution in [2.45, 2.75) is 19.4 Å². The Balaban J connectivity index is 1.72. The Labute approximate surface area is 172 Å². The van der Waals surface area contributed by atoms with E-state index in [1.165, 1.54) is 0 Å². The Kier molecular flexibility index (Phi) is 4.00. The minimum absolute atomic E-state index is 0.0129. The Morgan fingerprint density at radius 3 is 2.86 bits per heavy atom. The molecule has 0 fully saturated rings. The largest absolute Gasteiger partial charge is 0.345 e. The number of hydrogen-bond acceptors (Lipinski definition) is 4. The van der Waals surface area contributed by atoms with Gasteiger partial charge in [0, 0.05) is 28.3 Å². The van der Waals surface area contributed by atoms with E-state index in [2.05, 4.69) is 29.5 Å². The van der Waals surface area contributed by atoms with Crippen LogP contribution in [0.25, 0.3) is 31.8 Å². The van der Waals surface area contributed by atoms with Crippen LogP contribution in [-0.4, -0.2) is 15.7 Å². The Morgan fingerprint density at radius 1 is 1.24 bits per heavy atom. The lowest BCUT2D eigenvalue weighted by Gasteiger charge is -2.10. The molecule has 3 heterocycles. The van der Waals surface area contributed by atoms with Crippen molar-refractivity contribution < 1.29 is 4.79 Å². The molecule has 0 radical (unpaired) electrons. The zero-order valence-electron chi connectivity index (χ0n) is 16.1. The van der Waals surface area contributed by atoms with E-state index in [0.717, 1.165) is 49.3 Å². The Morgan fingerprint density at radius 2 is 2.07 bits per heavy atom. The van der Waals surface area contributed by atoms with E-state index in [4.69, 9.17) is 0 Å². The van der Waals surface area contributed by atoms with Crippen molar-refractivity contribution in [1.29, 1.82) is 5.26 Å². The van der Waals surface area contributed by atoms with Gasteiger partial charge in [0.25, 0.3) is 5.91 Å². The van der Waals surface area contributed by atoms with Crippen molar-refractivity contribution in [3.63, 3.8) is 0 Å². The van der Waals surface area contributed by atoms with Crippen LogP contribution in [0.15, 0.2) is 48.7 Å². The van der Waals surface area contributed by atoms with Crippen LogP contribution in [0.4, 0.5) is 0 Å². The molecular formula is C23H18N4OS. The molecule has 0 saturated heterocycles. The molecule has 1 aliphatic heterocycles. The number of amides is 1. The van der Waals surface area contributed by atoms with Gasteiger partial charge >= 0.3 is 0 Å². The molecule has 2 aromatic carbocycles. The van der Waals surface area contributed by atoms with Crippen LogP contribution in [0.5, 0.6) is 0 Å². The molecule has 0 bridgehead atoms. The van der Waals surface area contributed by atoms with Crippen molar-refractivity contribution >= 4 is 27.3 Å². The zero-order valence-corrected chi connectivity index (χ0v) is 16.9. The van der Waals surface area contributed by atoms with Gasteiger partial charge in [0.15, 0.2) is 0 Å². The molecular weight excluding hydrogens is 380 g/mol. The molecule has 29 heavy (non-hydrogen) atoms. The average Bonchev–Trinajstić information content (AvgIpc) is 3.40. The van der Waals surface area contributed by atoms with Crippen LogP contribution >= 0.6 is 11.3 Å². The van der Waals surface area contributed by atoms with E-state index in [9.17, 15) is 10.1 Å². The molecule has 5 rings (SSSR count). The van der Waals surface area contributed by atoms with E-state index in [0.29, 0.717) is 5.56 Å². The number of thiophene rings is 1. The van der Waals surface area contributed by atoms with Crippen molar-refractivity contribution in [2.24, 2.45) is 7.05 Å². The summed E-state index contributed by atoms with van der Waals surface area (Å²) < 4.78 is 2.91. The number of carbonyl (C=O) groups excluding carboxylic acids is 1. The maximum atomic E-state index is 12.2. The van der Waals surface area contributed by atoms with E-state index in [-0.39, 0.29) is 11.9 Å². The molecule has 1 aliphatic rings. The number of aromatic nitrogens is 2. The molecule has 1 amide bonds. The van der Waals surface area contributed by atoms with E-state index < -0.39 is 0 Å². The monoisotopic (exact) mass is 398 g/mol. The number of rotatable bonds is 3. The first-order valence-electron chi connectivity index (χ1n) is 9.51. The first-order valence-corrected chi connectivity index (χ1v) is 10.3. The second-order valence-corrected chi connectivity index (χ2v) is 8.23. The maximum absolute atomic E-state index is 12.2. The van der Waals surface area contributed by atoms with Crippen LogP contribution in [0.3, 0.4) is 0 Å². The fourth-order valence-corrected chi connectivity index (χ4v) is 5.35. The molecule has 5 nitrogen and oxygen atoms in total. The van der Waals surface area contributed by atoms with Crippen LogP contribution in [-0.2, 0) is 7.05 Å². The fourth-order valence-electron chi connectivity index (χ4n) is 4.10. The Bertz CT molecular complexity index is 1320. The van der Waals surface area contributed by atoms with Gasteiger partial charge in [0.1, 0.15) is 6.07 Å². The van der Waals surface area contributed by atoms with Crippen molar-refractivity contribution in [3.8, 4) is 27.8 Å². The SMILES string of the molecule is CCC1NC(=O)c2ccc(-c3cnn(C)c3-c3sc4ccccc4c3C#N)cc21. The third kappa shape index (κ3) is 2.59. The first kappa shape index (κ1) is 17.7. The summed E-state index contributed by atoms with van der Waals surface area (Å²) in [4.78, 5) is 13.1. The van der Waals surface area contributed by atoms with Crippen LogP contribution in [0.1, 0.15) is 40.9 Å². The van der Waals surface area contributed by atoms with Crippen LogP contribution in [0.2, 0.25) is 0 Å². The molecule has 142 valence electrons. The average molecular weight is 398 g/mol. The molecule has 4 aromatic rings. The summed E-state index contributed by atoms with van der Waals surface area (Å²) in [6.07, 6.45) is 2.69. The third-order valence-corrected chi connectivity index (χ3v) is 6.73. The van der Waals surface area contributed by atoms with Gasteiger partial charge < -0.3 is 5.32 Å². The molecule has 1 unspecified atom stereocenters. The quantitative estimate of drug-likeness (QED) is 0.526. The van der Waals surface area contributed by atoms with Gasteiger partial charge in [-0.2, -0.15) is 10.4 Å². The highest BCUT2D eigenvalue weighted by Gasteiger charge is 2.28. The fraction of sp³-hybridized carbons (Fsp3) is 0.174. The predicted octanol–water partition coefficient (Wildman–Crippen LogP) is 5.03. The van der Waals surface area contributed by atoms with Gasteiger partial charge in [-0.05, 0) is 35.7 Å². The van der Waals surface area contributed by atoms with Crippen molar-refractivity contribution in [2.75, 3.05) is 0 Å². The summed E-state index contributed by atoms with van der Waals surface area (Å²) in [5.74, 6) is -0.0129. The van der Waals surface area contributed by atoms with E-state index in [1.54, 1.807) is 11.3 Å². The molecule has 6 heteroatoms. The van der Waals surface area contributed by atoms with Crippen molar-refractivity contribution in [3.05, 3.63) is 65.4 Å². The lowest BCUT2D eigenvalue weighted by atomic mass is 9.96. The van der Waals surface area contributed by atoms with Gasteiger partial charge in [0.2, 0.25) is 0 Å². The summed E-state index contributed by atoms with van der Waals surface area (Å²) in [6.45, 7) is 2.07. The predicted molar refractivity (Wildman–Crippen MR) is 115 cm³/mol. The summed E-state index contributed by atoms with van der Waals surface area (Å²) in [5.41, 5.74) is 5.34. The lowest BCUT2D eigenvalue weighted by Crippen LogP contribution is -2.17. The summed E-state index contributed by atoms with van der Waals surface area (Å²) in [6, 6.07) is 16.4. The zero-order chi connectivity index (χ0) is 20.1. The normalized spacial score (nSPS) is 15.3. The summed E-state index contributed by atoms with van der Waals surface area (Å²) >= 11 is 1.61. The number of nitrogens with one attached hydrogen (secondary N) is 1. The third-order valence-electron chi connectivity index (χ3n) is 5.56. The molecule has 2 aromatic heterocycles. The number of benzene rings is 2.